The van der Waals surface area contributed by atoms with Crippen LogP contribution in [0.4, 0.5) is 0 Å². The van der Waals surface area contributed by atoms with E-state index in [2.05, 4.69) is 26.0 Å². The Morgan fingerprint density at radius 1 is 1.05 bits per heavy atom. The molecule has 0 atom stereocenters. The number of likely N-dealkylation sites (N-methyl/N-ethyl adjacent to an activating group) is 1. The zero-order valence-electron chi connectivity index (χ0n) is 20.7. The van der Waals surface area contributed by atoms with Gasteiger partial charge in [-0.25, -0.2) is 9.97 Å². The number of amides is 2. The van der Waals surface area contributed by atoms with Gasteiger partial charge in [-0.05, 0) is 54.8 Å². The number of aromatic amines is 1. The summed E-state index contributed by atoms with van der Waals surface area (Å²) in [5.74, 6) is 0.697. The van der Waals surface area contributed by atoms with Gasteiger partial charge in [0, 0.05) is 49.9 Å². The van der Waals surface area contributed by atoms with E-state index < -0.39 is 0 Å². The average molecular weight is 497 g/mol. The normalized spacial score (nSPS) is 17.5. The van der Waals surface area contributed by atoms with E-state index in [1.165, 1.54) is 0 Å². The third-order valence-corrected chi connectivity index (χ3v) is 7.57. The molecule has 6 rings (SSSR count). The molecule has 0 saturated carbocycles. The number of fused-ring (bicyclic) bond motifs is 1. The standard InChI is InChI=1S/C28H28N6O3/c1-33-26(35)17-37-18-28(33)8-12-34(13-9-28)27(36)24-16-20-14-19(5-6-21(20)31-24)15-25-30-11-7-23(32-25)22-4-2-3-10-29-22/h2-7,10-11,14,16,31H,8-9,12-13,15,17-18H2,1H3. The number of aromatic nitrogens is 4. The quantitative estimate of drug-likeness (QED) is 0.466. The largest absolute Gasteiger partial charge is 0.369 e. The number of H-pyrrole nitrogens is 1. The first kappa shape index (κ1) is 23.3. The monoisotopic (exact) mass is 496 g/mol. The summed E-state index contributed by atoms with van der Waals surface area (Å²) < 4.78 is 5.54. The van der Waals surface area contributed by atoms with Crippen LogP contribution in [0.3, 0.4) is 0 Å². The first-order valence-corrected chi connectivity index (χ1v) is 12.5. The summed E-state index contributed by atoms with van der Waals surface area (Å²) in [6.45, 7) is 1.84. The lowest BCUT2D eigenvalue weighted by Gasteiger charge is -2.49. The number of carbonyl (C=O) groups excluding carboxylic acids is 2. The number of piperidine rings is 1. The zero-order valence-corrected chi connectivity index (χ0v) is 20.7. The number of nitrogens with one attached hydrogen (secondary N) is 1. The van der Waals surface area contributed by atoms with Crippen LogP contribution < -0.4 is 0 Å². The summed E-state index contributed by atoms with van der Waals surface area (Å²) in [7, 11) is 1.84. The molecule has 0 aliphatic carbocycles. The fourth-order valence-corrected chi connectivity index (χ4v) is 5.29. The van der Waals surface area contributed by atoms with Crippen LogP contribution in [0.1, 0.15) is 34.7 Å². The van der Waals surface area contributed by atoms with E-state index in [0.29, 0.717) is 50.5 Å². The second kappa shape index (κ2) is 9.40. The fourth-order valence-electron chi connectivity index (χ4n) is 5.29. The summed E-state index contributed by atoms with van der Waals surface area (Å²) in [5.41, 5.74) is 3.84. The number of pyridine rings is 1. The van der Waals surface area contributed by atoms with E-state index in [1.54, 1.807) is 12.4 Å². The predicted octanol–water partition coefficient (Wildman–Crippen LogP) is 3.07. The van der Waals surface area contributed by atoms with Crippen molar-refractivity contribution in [3.8, 4) is 11.4 Å². The van der Waals surface area contributed by atoms with Crippen molar-refractivity contribution in [3.63, 3.8) is 0 Å². The molecular formula is C28H28N6O3. The number of likely N-dealkylation sites (tertiary alicyclic amines) is 1. The Bertz CT molecular complexity index is 1460. The molecule has 3 aromatic heterocycles. The third-order valence-electron chi connectivity index (χ3n) is 7.57. The van der Waals surface area contributed by atoms with Crippen molar-refractivity contribution in [2.75, 3.05) is 33.4 Å². The lowest BCUT2D eigenvalue weighted by molar-refractivity contribution is -0.158. The Morgan fingerprint density at radius 2 is 1.92 bits per heavy atom. The van der Waals surface area contributed by atoms with Gasteiger partial charge >= 0.3 is 0 Å². The van der Waals surface area contributed by atoms with Crippen molar-refractivity contribution in [3.05, 3.63) is 78.0 Å². The summed E-state index contributed by atoms with van der Waals surface area (Å²) in [6.07, 6.45) is 5.51. The highest BCUT2D eigenvalue weighted by molar-refractivity contribution is 5.98. The SMILES string of the molecule is CN1C(=O)COCC12CCN(C(=O)c1cc3cc(Cc4nccc(-c5ccccn5)n4)ccc3[nH]1)CC2. The lowest BCUT2D eigenvalue weighted by Crippen LogP contribution is -2.62. The van der Waals surface area contributed by atoms with E-state index in [1.807, 2.05) is 59.3 Å². The minimum absolute atomic E-state index is 0.00584. The Labute approximate surface area is 214 Å². The maximum absolute atomic E-state index is 13.3. The maximum atomic E-state index is 13.3. The Kier molecular flexibility index (Phi) is 5.92. The molecule has 4 aromatic rings. The molecule has 5 heterocycles. The van der Waals surface area contributed by atoms with Gasteiger partial charge in [0.05, 0.1) is 23.5 Å². The van der Waals surface area contributed by atoms with Crippen LogP contribution in [0.2, 0.25) is 0 Å². The van der Waals surface area contributed by atoms with Crippen LogP contribution in [0.25, 0.3) is 22.3 Å². The predicted molar refractivity (Wildman–Crippen MR) is 138 cm³/mol. The number of nitrogens with zero attached hydrogens (tertiary/aromatic N) is 5. The van der Waals surface area contributed by atoms with E-state index >= 15 is 0 Å². The molecule has 37 heavy (non-hydrogen) atoms. The van der Waals surface area contributed by atoms with Gasteiger partial charge in [-0.1, -0.05) is 12.1 Å². The maximum Gasteiger partial charge on any atom is 0.270 e. The van der Waals surface area contributed by atoms with Crippen molar-refractivity contribution < 1.29 is 14.3 Å². The Morgan fingerprint density at radius 3 is 2.73 bits per heavy atom. The van der Waals surface area contributed by atoms with E-state index in [-0.39, 0.29) is 24.0 Å². The van der Waals surface area contributed by atoms with Crippen LogP contribution in [-0.2, 0) is 16.0 Å². The highest BCUT2D eigenvalue weighted by Gasteiger charge is 2.44. The fraction of sp³-hybridized carbons (Fsp3) is 0.321. The average Bonchev–Trinajstić information content (AvgIpc) is 3.36. The van der Waals surface area contributed by atoms with Crippen molar-refractivity contribution in [1.82, 2.24) is 29.7 Å². The van der Waals surface area contributed by atoms with Crippen LogP contribution in [-0.4, -0.2) is 80.4 Å². The zero-order chi connectivity index (χ0) is 25.4. The molecular weight excluding hydrogens is 468 g/mol. The van der Waals surface area contributed by atoms with Gasteiger partial charge in [0.1, 0.15) is 18.1 Å². The molecule has 2 amide bonds. The molecule has 9 heteroatoms. The number of hydrogen-bond donors (Lipinski definition) is 1. The van der Waals surface area contributed by atoms with E-state index in [0.717, 1.165) is 27.9 Å². The van der Waals surface area contributed by atoms with Gasteiger partial charge in [-0.3, -0.25) is 14.6 Å². The molecule has 2 saturated heterocycles. The molecule has 0 bridgehead atoms. The highest BCUT2D eigenvalue weighted by atomic mass is 16.5. The second-order valence-corrected chi connectivity index (χ2v) is 9.82. The molecule has 2 aliphatic rings. The summed E-state index contributed by atoms with van der Waals surface area (Å²) in [5, 5.41) is 0.973. The van der Waals surface area contributed by atoms with Gasteiger partial charge in [-0.15, -0.1) is 0 Å². The molecule has 1 spiro atoms. The Hall–Kier alpha value is -4.11. The van der Waals surface area contributed by atoms with Gasteiger partial charge < -0.3 is 19.5 Å². The minimum atomic E-state index is -0.308. The third kappa shape index (κ3) is 4.46. The molecule has 1 aromatic carbocycles. The number of morpholine rings is 1. The summed E-state index contributed by atoms with van der Waals surface area (Å²) >= 11 is 0. The summed E-state index contributed by atoms with van der Waals surface area (Å²) in [6, 6.07) is 15.6. The number of hydrogen-bond acceptors (Lipinski definition) is 6. The number of benzene rings is 1. The van der Waals surface area contributed by atoms with Crippen LogP contribution in [0, 0.1) is 0 Å². The molecule has 0 unspecified atom stereocenters. The molecule has 188 valence electrons. The van der Waals surface area contributed by atoms with Crippen molar-refractivity contribution >= 4 is 22.7 Å². The van der Waals surface area contributed by atoms with E-state index in [9.17, 15) is 9.59 Å². The van der Waals surface area contributed by atoms with E-state index in [4.69, 9.17) is 4.74 Å². The molecule has 2 aliphatic heterocycles. The van der Waals surface area contributed by atoms with Crippen LogP contribution >= 0.6 is 0 Å². The first-order chi connectivity index (χ1) is 18.0. The van der Waals surface area contributed by atoms with Crippen LogP contribution in [0.15, 0.2) is 60.9 Å². The van der Waals surface area contributed by atoms with Gasteiger partial charge in [-0.2, -0.15) is 0 Å². The van der Waals surface area contributed by atoms with Crippen molar-refractivity contribution in [2.24, 2.45) is 0 Å². The Balaban J connectivity index is 1.16. The number of ether oxygens (including phenoxy) is 1. The molecule has 9 nitrogen and oxygen atoms in total. The van der Waals surface area contributed by atoms with Crippen LogP contribution in [0.5, 0.6) is 0 Å². The van der Waals surface area contributed by atoms with Crippen molar-refractivity contribution in [1.29, 1.82) is 0 Å². The summed E-state index contributed by atoms with van der Waals surface area (Å²) in [4.78, 5) is 45.9. The highest BCUT2D eigenvalue weighted by Crippen LogP contribution is 2.32. The lowest BCUT2D eigenvalue weighted by atomic mass is 9.85. The second-order valence-electron chi connectivity index (χ2n) is 9.82. The molecule has 0 radical (unpaired) electrons. The van der Waals surface area contributed by atoms with Crippen molar-refractivity contribution in [2.45, 2.75) is 24.8 Å². The smallest absolute Gasteiger partial charge is 0.270 e. The van der Waals surface area contributed by atoms with Gasteiger partial charge in [0.25, 0.3) is 5.91 Å². The van der Waals surface area contributed by atoms with Gasteiger partial charge in [0.2, 0.25) is 5.91 Å². The number of rotatable bonds is 4. The van der Waals surface area contributed by atoms with Gasteiger partial charge in [0.15, 0.2) is 0 Å². The first-order valence-electron chi connectivity index (χ1n) is 12.5. The molecule has 2 fully saturated rings. The molecule has 1 N–H and O–H groups in total. The topological polar surface area (TPSA) is 104 Å². The number of carbonyl (C=O) groups is 2. The minimum Gasteiger partial charge on any atom is -0.369 e.